The van der Waals surface area contributed by atoms with E-state index in [4.69, 9.17) is 4.74 Å². The lowest BCUT2D eigenvalue weighted by Gasteiger charge is -2.32. The number of fused-ring (bicyclic) bond motifs is 1. The Balaban J connectivity index is 1.68. The van der Waals surface area contributed by atoms with Crippen LogP contribution in [0.25, 0.3) is 0 Å². The number of ether oxygens (including phenoxy) is 1. The molecule has 0 aromatic heterocycles. The van der Waals surface area contributed by atoms with Gasteiger partial charge in [0, 0.05) is 19.1 Å². The van der Waals surface area contributed by atoms with E-state index in [2.05, 4.69) is 43.0 Å². The van der Waals surface area contributed by atoms with E-state index in [-0.39, 0.29) is 24.1 Å². The lowest BCUT2D eigenvalue weighted by Crippen LogP contribution is -2.43. The highest BCUT2D eigenvalue weighted by Gasteiger charge is 2.36. The molecular weight excluding hydrogens is 276 g/mol. The van der Waals surface area contributed by atoms with Crippen LogP contribution in [0.4, 0.5) is 0 Å². The molecule has 2 atom stereocenters. The van der Waals surface area contributed by atoms with E-state index in [9.17, 15) is 4.79 Å². The van der Waals surface area contributed by atoms with Crippen molar-refractivity contribution in [2.45, 2.75) is 44.9 Å². The van der Waals surface area contributed by atoms with Crippen LogP contribution in [0.5, 0.6) is 0 Å². The summed E-state index contributed by atoms with van der Waals surface area (Å²) < 4.78 is 5.98. The van der Waals surface area contributed by atoms with E-state index < -0.39 is 0 Å². The summed E-state index contributed by atoms with van der Waals surface area (Å²) in [5.41, 5.74) is 2.67. The molecule has 4 nitrogen and oxygen atoms in total. The molecule has 3 rings (SSSR count). The molecule has 0 radical (unpaired) electrons. The van der Waals surface area contributed by atoms with Crippen LogP contribution in [0.15, 0.2) is 24.3 Å². The summed E-state index contributed by atoms with van der Waals surface area (Å²) in [6.45, 7) is 6.58. The van der Waals surface area contributed by atoms with Gasteiger partial charge in [-0.25, -0.2) is 0 Å². The third kappa shape index (κ3) is 2.90. The van der Waals surface area contributed by atoms with Crippen molar-refractivity contribution in [3.8, 4) is 0 Å². The number of likely N-dealkylation sites (N-methyl/N-ethyl adjacent to an activating group) is 1. The van der Waals surface area contributed by atoms with Gasteiger partial charge in [0.2, 0.25) is 5.91 Å². The van der Waals surface area contributed by atoms with Gasteiger partial charge in [-0.2, -0.15) is 0 Å². The quantitative estimate of drug-likeness (QED) is 0.855. The minimum absolute atomic E-state index is 0.0000822. The van der Waals surface area contributed by atoms with Gasteiger partial charge in [0.1, 0.15) is 0 Å². The second-order valence-corrected chi connectivity index (χ2v) is 6.68. The van der Waals surface area contributed by atoms with Crippen LogP contribution < -0.4 is 0 Å². The molecule has 1 fully saturated rings. The number of benzene rings is 1. The maximum Gasteiger partial charge on any atom is 0.240 e. The summed E-state index contributed by atoms with van der Waals surface area (Å²) in [7, 11) is 2.05. The normalized spacial score (nSPS) is 25.1. The fourth-order valence-electron chi connectivity index (χ4n) is 3.62. The number of hydrogen-bond acceptors (Lipinski definition) is 3. The van der Waals surface area contributed by atoms with Crippen LogP contribution >= 0.6 is 0 Å². The van der Waals surface area contributed by atoms with Gasteiger partial charge >= 0.3 is 0 Å². The molecule has 4 heteroatoms. The molecule has 22 heavy (non-hydrogen) atoms. The van der Waals surface area contributed by atoms with Crippen molar-refractivity contribution in [3.05, 3.63) is 35.4 Å². The minimum Gasteiger partial charge on any atom is -0.372 e. The van der Waals surface area contributed by atoms with Gasteiger partial charge in [-0.3, -0.25) is 9.69 Å². The average Bonchev–Trinajstić information content (AvgIpc) is 2.89. The predicted octanol–water partition coefficient (Wildman–Crippen LogP) is 2.24. The molecule has 0 bridgehead atoms. The van der Waals surface area contributed by atoms with Gasteiger partial charge in [-0.15, -0.1) is 0 Å². The number of carbonyl (C=O) groups is 1. The van der Waals surface area contributed by atoms with Crippen molar-refractivity contribution in [3.63, 3.8) is 0 Å². The first-order valence-corrected chi connectivity index (χ1v) is 8.28. The monoisotopic (exact) mass is 302 g/mol. The smallest absolute Gasteiger partial charge is 0.240 e. The van der Waals surface area contributed by atoms with Gasteiger partial charge in [0.25, 0.3) is 0 Å². The summed E-state index contributed by atoms with van der Waals surface area (Å²) in [5, 5.41) is 0. The SMILES string of the molecule is CC(C)N1CCC(N(C)CC2OCCc3ccccc32)C1=O. The summed E-state index contributed by atoms with van der Waals surface area (Å²) in [5.74, 6) is 0.265. The fraction of sp³-hybridized carbons (Fsp3) is 0.611. The van der Waals surface area contributed by atoms with Crippen molar-refractivity contribution in [2.24, 2.45) is 0 Å². The van der Waals surface area contributed by atoms with E-state index in [1.165, 1.54) is 11.1 Å². The summed E-state index contributed by atoms with van der Waals surface area (Å²) in [4.78, 5) is 16.7. The summed E-state index contributed by atoms with van der Waals surface area (Å²) in [6.07, 6.45) is 1.98. The highest BCUT2D eigenvalue weighted by atomic mass is 16.5. The number of hydrogen-bond donors (Lipinski definition) is 0. The maximum absolute atomic E-state index is 12.5. The molecule has 2 aliphatic heterocycles. The number of amides is 1. The van der Waals surface area contributed by atoms with E-state index in [0.29, 0.717) is 0 Å². The van der Waals surface area contributed by atoms with Gasteiger partial charge in [0.05, 0.1) is 18.8 Å². The van der Waals surface area contributed by atoms with E-state index in [1.807, 2.05) is 11.9 Å². The van der Waals surface area contributed by atoms with Crippen LogP contribution in [0, 0.1) is 0 Å². The Hall–Kier alpha value is -1.39. The number of carbonyl (C=O) groups excluding carboxylic acids is 1. The molecule has 0 aliphatic carbocycles. The van der Waals surface area contributed by atoms with E-state index in [0.717, 1.165) is 32.5 Å². The zero-order valence-corrected chi connectivity index (χ0v) is 13.8. The van der Waals surface area contributed by atoms with Gasteiger partial charge < -0.3 is 9.64 Å². The first-order chi connectivity index (χ1) is 10.6. The summed E-state index contributed by atoms with van der Waals surface area (Å²) >= 11 is 0. The van der Waals surface area contributed by atoms with Crippen molar-refractivity contribution in [1.82, 2.24) is 9.80 Å². The summed E-state index contributed by atoms with van der Waals surface area (Å²) in [6, 6.07) is 8.79. The van der Waals surface area contributed by atoms with Crippen molar-refractivity contribution in [2.75, 3.05) is 26.7 Å². The lowest BCUT2D eigenvalue weighted by atomic mass is 9.97. The highest BCUT2D eigenvalue weighted by molar-refractivity contribution is 5.84. The Labute approximate surface area is 133 Å². The van der Waals surface area contributed by atoms with Crippen LogP contribution in [-0.4, -0.2) is 54.5 Å². The Kier molecular flexibility index (Phi) is 4.50. The third-order valence-corrected chi connectivity index (χ3v) is 4.91. The van der Waals surface area contributed by atoms with Crippen LogP contribution in [0.2, 0.25) is 0 Å². The van der Waals surface area contributed by atoms with Gasteiger partial charge in [-0.1, -0.05) is 24.3 Å². The standard InChI is InChI=1S/C18H26N2O2/c1-13(2)20-10-8-16(18(20)21)19(3)12-17-15-7-5-4-6-14(15)9-11-22-17/h4-7,13,16-17H,8-12H2,1-3H3. The molecule has 1 saturated heterocycles. The topological polar surface area (TPSA) is 32.8 Å². The molecular formula is C18H26N2O2. The molecule has 0 spiro atoms. The zero-order chi connectivity index (χ0) is 15.7. The first-order valence-electron chi connectivity index (χ1n) is 8.28. The van der Waals surface area contributed by atoms with Crippen LogP contribution in [-0.2, 0) is 16.0 Å². The van der Waals surface area contributed by atoms with Gasteiger partial charge in [-0.05, 0) is 44.9 Å². The number of rotatable bonds is 4. The van der Waals surface area contributed by atoms with E-state index >= 15 is 0 Å². The molecule has 2 unspecified atom stereocenters. The largest absolute Gasteiger partial charge is 0.372 e. The van der Waals surface area contributed by atoms with Crippen LogP contribution in [0.3, 0.4) is 0 Å². The molecule has 0 saturated carbocycles. The Morgan fingerprint density at radius 1 is 1.36 bits per heavy atom. The van der Waals surface area contributed by atoms with Crippen molar-refractivity contribution < 1.29 is 9.53 Å². The van der Waals surface area contributed by atoms with Gasteiger partial charge in [0.15, 0.2) is 0 Å². The molecule has 0 N–H and O–H groups in total. The Morgan fingerprint density at radius 2 is 2.14 bits per heavy atom. The van der Waals surface area contributed by atoms with Crippen molar-refractivity contribution in [1.29, 1.82) is 0 Å². The fourth-order valence-corrected chi connectivity index (χ4v) is 3.62. The predicted molar refractivity (Wildman–Crippen MR) is 86.7 cm³/mol. The highest BCUT2D eigenvalue weighted by Crippen LogP contribution is 2.29. The zero-order valence-electron chi connectivity index (χ0n) is 13.8. The lowest BCUT2D eigenvalue weighted by molar-refractivity contribution is -0.133. The number of likely N-dealkylation sites (tertiary alicyclic amines) is 1. The van der Waals surface area contributed by atoms with Crippen LogP contribution in [0.1, 0.15) is 37.5 Å². The maximum atomic E-state index is 12.5. The minimum atomic E-state index is 0.0000822. The average molecular weight is 302 g/mol. The molecule has 2 aliphatic rings. The first kappa shape index (κ1) is 15.5. The number of nitrogens with zero attached hydrogens (tertiary/aromatic N) is 2. The Morgan fingerprint density at radius 3 is 2.86 bits per heavy atom. The second kappa shape index (κ2) is 6.39. The molecule has 1 aromatic rings. The Bertz CT molecular complexity index is 544. The van der Waals surface area contributed by atoms with Crippen molar-refractivity contribution >= 4 is 5.91 Å². The van der Waals surface area contributed by atoms with E-state index in [1.54, 1.807) is 0 Å². The molecule has 120 valence electrons. The molecule has 2 heterocycles. The third-order valence-electron chi connectivity index (χ3n) is 4.91. The second-order valence-electron chi connectivity index (χ2n) is 6.68. The molecule has 1 aromatic carbocycles. The molecule has 1 amide bonds.